The van der Waals surface area contributed by atoms with Crippen molar-refractivity contribution in [3.8, 4) is 0 Å². The SMILES string of the molecule is C=C1NC(N)=NC=C1[C@@H]1OC(CCP(=C)(C)C)[C@@H](O)[C@H]1O. The molecule has 0 aromatic carbocycles. The van der Waals surface area contributed by atoms with Crippen LogP contribution >= 0.6 is 6.89 Å². The molecule has 5 N–H and O–H groups in total. The largest absolute Gasteiger partial charge is 0.388 e. The van der Waals surface area contributed by atoms with Gasteiger partial charge in [0.2, 0.25) is 0 Å². The Bertz CT molecular complexity index is 538. The van der Waals surface area contributed by atoms with Crippen LogP contribution in [0.5, 0.6) is 0 Å². The molecule has 0 radical (unpaired) electrons. The van der Waals surface area contributed by atoms with Gasteiger partial charge in [-0.3, -0.25) is 0 Å². The highest BCUT2D eigenvalue weighted by Crippen LogP contribution is 2.39. The quantitative estimate of drug-likeness (QED) is 0.543. The number of nitrogens with zero attached hydrogens (tertiary/aromatic N) is 1. The molecule has 0 bridgehead atoms. The molecule has 1 fully saturated rings. The Morgan fingerprint density at radius 2 is 2.10 bits per heavy atom. The number of ether oxygens (including phenoxy) is 1. The van der Waals surface area contributed by atoms with Gasteiger partial charge < -0.3 is 26.0 Å². The van der Waals surface area contributed by atoms with Gasteiger partial charge in [0.05, 0.1) is 6.10 Å². The molecule has 6 nitrogen and oxygen atoms in total. The van der Waals surface area contributed by atoms with E-state index >= 15 is 0 Å². The van der Waals surface area contributed by atoms with Crippen LogP contribution < -0.4 is 11.1 Å². The van der Waals surface area contributed by atoms with Crippen LogP contribution in [-0.2, 0) is 4.74 Å². The van der Waals surface area contributed by atoms with Crippen molar-refractivity contribution in [1.82, 2.24) is 5.32 Å². The lowest BCUT2D eigenvalue weighted by molar-refractivity contribution is 0.0189. The molecule has 2 aliphatic rings. The highest BCUT2D eigenvalue weighted by Gasteiger charge is 2.44. The van der Waals surface area contributed by atoms with E-state index in [1.54, 1.807) is 0 Å². The molecule has 7 heteroatoms. The highest BCUT2D eigenvalue weighted by molar-refractivity contribution is 7.72. The minimum absolute atomic E-state index is 0.247. The first-order chi connectivity index (χ1) is 9.69. The van der Waals surface area contributed by atoms with Crippen molar-refractivity contribution in [3.63, 3.8) is 0 Å². The molecule has 0 spiro atoms. The first-order valence-electron chi connectivity index (χ1n) is 6.87. The lowest BCUT2D eigenvalue weighted by atomic mass is 9.99. The van der Waals surface area contributed by atoms with E-state index in [1.807, 2.05) is 0 Å². The molecule has 0 aromatic heterocycles. The van der Waals surface area contributed by atoms with Gasteiger partial charge in [-0.1, -0.05) is 6.58 Å². The molecule has 0 aromatic rings. The number of aliphatic hydroxyl groups excluding tert-OH is 2. The van der Waals surface area contributed by atoms with Crippen LogP contribution in [0, 0.1) is 0 Å². The molecule has 2 aliphatic heterocycles. The summed E-state index contributed by atoms with van der Waals surface area (Å²) in [6.07, 6.45) is 4.29. The second-order valence-electron chi connectivity index (χ2n) is 6.23. The lowest BCUT2D eigenvalue weighted by Crippen LogP contribution is -2.39. The summed E-state index contributed by atoms with van der Waals surface area (Å²) in [6.45, 7) is 6.92. The maximum Gasteiger partial charge on any atom is 0.197 e. The van der Waals surface area contributed by atoms with E-state index in [0.717, 1.165) is 6.16 Å². The van der Waals surface area contributed by atoms with Crippen LogP contribution in [0.1, 0.15) is 6.42 Å². The van der Waals surface area contributed by atoms with Crippen molar-refractivity contribution in [2.45, 2.75) is 30.8 Å². The van der Waals surface area contributed by atoms with Gasteiger partial charge >= 0.3 is 0 Å². The molecule has 1 saturated heterocycles. The van der Waals surface area contributed by atoms with E-state index < -0.39 is 31.3 Å². The Morgan fingerprint density at radius 1 is 1.43 bits per heavy atom. The van der Waals surface area contributed by atoms with Gasteiger partial charge in [-0.2, -0.15) is 0 Å². The molecule has 0 amide bonds. The number of hydrogen-bond acceptors (Lipinski definition) is 6. The zero-order chi connectivity index (χ0) is 15.8. The Morgan fingerprint density at radius 3 is 2.67 bits per heavy atom. The third kappa shape index (κ3) is 3.77. The van der Waals surface area contributed by atoms with E-state index in [4.69, 9.17) is 10.5 Å². The second kappa shape index (κ2) is 5.97. The highest BCUT2D eigenvalue weighted by atomic mass is 31.2. The van der Waals surface area contributed by atoms with Crippen molar-refractivity contribution < 1.29 is 14.9 Å². The molecule has 2 rings (SSSR count). The average Bonchev–Trinajstić information content (AvgIpc) is 2.64. The van der Waals surface area contributed by atoms with Gasteiger partial charge in [0.25, 0.3) is 0 Å². The summed E-state index contributed by atoms with van der Waals surface area (Å²) >= 11 is 0. The third-order valence-electron chi connectivity index (χ3n) is 3.66. The zero-order valence-electron chi connectivity index (χ0n) is 12.5. The van der Waals surface area contributed by atoms with E-state index in [2.05, 4.69) is 36.5 Å². The number of nitrogens with one attached hydrogen (secondary N) is 1. The van der Waals surface area contributed by atoms with E-state index in [0.29, 0.717) is 17.7 Å². The zero-order valence-corrected chi connectivity index (χ0v) is 13.4. The van der Waals surface area contributed by atoms with Gasteiger partial charge in [0.15, 0.2) is 5.96 Å². The number of aliphatic hydroxyl groups is 2. The van der Waals surface area contributed by atoms with Crippen LogP contribution in [0.3, 0.4) is 0 Å². The van der Waals surface area contributed by atoms with Crippen molar-refractivity contribution in [2.24, 2.45) is 10.7 Å². The molecule has 0 aliphatic carbocycles. The molecule has 118 valence electrons. The Balaban J connectivity index is 2.10. The Labute approximate surface area is 125 Å². The maximum absolute atomic E-state index is 10.2. The summed E-state index contributed by atoms with van der Waals surface area (Å²) in [4.78, 5) is 3.96. The van der Waals surface area contributed by atoms with Crippen LogP contribution in [0.4, 0.5) is 0 Å². The molecule has 0 saturated carbocycles. The Hall–Kier alpha value is -1.07. The summed E-state index contributed by atoms with van der Waals surface area (Å²) in [5.74, 6) is 0.247. The predicted molar refractivity (Wildman–Crippen MR) is 88.0 cm³/mol. The van der Waals surface area contributed by atoms with Gasteiger partial charge in [-0.05, 0) is 25.9 Å². The topological polar surface area (TPSA) is 100 Å². The minimum atomic E-state index is -1.19. The van der Waals surface area contributed by atoms with Gasteiger partial charge in [0.1, 0.15) is 18.3 Å². The van der Waals surface area contributed by atoms with Crippen molar-refractivity contribution in [1.29, 1.82) is 0 Å². The Kier molecular flexibility index (Phi) is 4.63. The average molecular weight is 313 g/mol. The van der Waals surface area contributed by atoms with E-state index in [1.165, 1.54) is 6.20 Å². The summed E-state index contributed by atoms with van der Waals surface area (Å²) in [5.41, 5.74) is 6.69. The normalized spacial score (nSPS) is 33.4. The van der Waals surface area contributed by atoms with Gasteiger partial charge in [0, 0.05) is 17.5 Å². The standard InChI is InChI=1S/C14H24N3O3P/c1-8-9(7-16-14(15)17-8)13-12(19)11(18)10(20-13)5-6-21(2,3)4/h7,10-13,18-19H,1-2,5-6H2,3-4H3,(H3,15,16,17)/t10?,11-,12-,13+/m1/s1. The fraction of sp³-hybridized carbons (Fsp3) is 0.571. The first kappa shape index (κ1) is 16.3. The summed E-state index contributed by atoms with van der Waals surface area (Å²) in [6, 6.07) is 0. The van der Waals surface area contributed by atoms with Crippen LogP contribution in [0.25, 0.3) is 0 Å². The van der Waals surface area contributed by atoms with Gasteiger partial charge in [-0.25, -0.2) is 4.99 Å². The van der Waals surface area contributed by atoms with Crippen LogP contribution in [0.2, 0.25) is 0 Å². The van der Waals surface area contributed by atoms with Crippen molar-refractivity contribution in [3.05, 3.63) is 24.0 Å². The fourth-order valence-electron chi connectivity index (χ4n) is 2.44. The first-order valence-corrected chi connectivity index (χ1v) is 9.93. The molecule has 21 heavy (non-hydrogen) atoms. The van der Waals surface area contributed by atoms with Crippen molar-refractivity contribution in [2.75, 3.05) is 19.5 Å². The number of hydrogen-bond donors (Lipinski definition) is 4. The smallest absolute Gasteiger partial charge is 0.197 e. The lowest BCUT2D eigenvalue weighted by Gasteiger charge is -2.23. The summed E-state index contributed by atoms with van der Waals surface area (Å²) < 4.78 is 5.84. The van der Waals surface area contributed by atoms with E-state index in [9.17, 15) is 10.2 Å². The number of rotatable bonds is 4. The summed E-state index contributed by atoms with van der Waals surface area (Å²) in [5, 5.41) is 23.2. The molecule has 2 heterocycles. The maximum atomic E-state index is 10.2. The number of nitrogens with two attached hydrogens (primary N) is 1. The van der Waals surface area contributed by atoms with Crippen LogP contribution in [-0.4, -0.2) is 66.4 Å². The monoisotopic (exact) mass is 313 g/mol. The summed E-state index contributed by atoms with van der Waals surface area (Å²) in [7, 11) is 0. The molecule has 4 atom stereocenters. The molecular formula is C14H24N3O3P. The fourth-order valence-corrected chi connectivity index (χ4v) is 3.40. The molecular weight excluding hydrogens is 289 g/mol. The third-order valence-corrected chi connectivity index (χ3v) is 5.13. The minimum Gasteiger partial charge on any atom is -0.388 e. The van der Waals surface area contributed by atoms with Gasteiger partial charge in [-0.15, -0.1) is 13.2 Å². The number of aliphatic imine (C=N–C) groups is 1. The predicted octanol–water partition coefficient (Wildman–Crippen LogP) is -0.110. The van der Waals surface area contributed by atoms with Crippen LogP contribution in [0.15, 0.2) is 29.0 Å². The van der Waals surface area contributed by atoms with Crippen molar-refractivity contribution >= 4 is 19.1 Å². The number of guanidine groups is 1. The second-order valence-corrected chi connectivity index (χ2v) is 10.5. The molecule has 1 unspecified atom stereocenters. The van der Waals surface area contributed by atoms with E-state index in [-0.39, 0.29) is 5.96 Å².